The van der Waals surface area contributed by atoms with Gasteiger partial charge >= 0.3 is 5.97 Å². The van der Waals surface area contributed by atoms with Crippen molar-refractivity contribution >= 4 is 34.3 Å². The number of carbonyl (C=O) groups is 3. The fourth-order valence-corrected chi connectivity index (χ4v) is 3.69. The van der Waals surface area contributed by atoms with Crippen LogP contribution in [0.2, 0.25) is 0 Å². The van der Waals surface area contributed by atoms with Gasteiger partial charge in [0.2, 0.25) is 0 Å². The first-order valence-corrected chi connectivity index (χ1v) is 10.0. The largest absolute Gasteiger partial charge is 0.467 e. The van der Waals surface area contributed by atoms with Gasteiger partial charge in [0.15, 0.2) is 0 Å². The molecule has 0 aliphatic carbocycles. The lowest BCUT2D eigenvalue weighted by molar-refractivity contribution is -0.142. The van der Waals surface area contributed by atoms with E-state index in [0.29, 0.717) is 16.3 Å². The van der Waals surface area contributed by atoms with Gasteiger partial charge in [-0.2, -0.15) is 4.37 Å². The Bertz CT molecular complexity index is 1040. The molecule has 3 rings (SSSR count). The van der Waals surface area contributed by atoms with E-state index >= 15 is 0 Å². The minimum Gasteiger partial charge on any atom is -0.467 e. The molecular weight excluding hydrogens is 402 g/mol. The molecule has 0 saturated heterocycles. The first kappa shape index (κ1) is 21.2. The highest BCUT2D eigenvalue weighted by Crippen LogP contribution is 2.25. The number of hydrogen-bond acceptors (Lipinski definition) is 6. The molecule has 2 amide bonds. The van der Waals surface area contributed by atoms with E-state index in [2.05, 4.69) is 15.0 Å². The summed E-state index contributed by atoms with van der Waals surface area (Å²) in [6.45, 7) is 1.67. The molecule has 0 bridgehead atoms. The van der Waals surface area contributed by atoms with E-state index in [1.807, 2.05) is 36.4 Å². The lowest BCUT2D eigenvalue weighted by Crippen LogP contribution is -2.43. The Balaban J connectivity index is 1.79. The van der Waals surface area contributed by atoms with Crippen molar-refractivity contribution in [1.82, 2.24) is 9.69 Å². The van der Waals surface area contributed by atoms with E-state index in [1.165, 1.54) is 7.11 Å². The number of amides is 2. The maximum atomic E-state index is 13.0. The molecule has 0 radical (unpaired) electrons. The van der Waals surface area contributed by atoms with Crippen LogP contribution < -0.4 is 10.6 Å². The van der Waals surface area contributed by atoms with Gasteiger partial charge in [0.1, 0.15) is 11.0 Å². The van der Waals surface area contributed by atoms with Crippen molar-refractivity contribution in [3.05, 3.63) is 83.0 Å². The molecule has 154 valence electrons. The fourth-order valence-electron chi connectivity index (χ4n) is 2.90. The van der Waals surface area contributed by atoms with Crippen molar-refractivity contribution in [2.24, 2.45) is 0 Å². The van der Waals surface area contributed by atoms with Gasteiger partial charge < -0.3 is 15.4 Å². The Hall–Kier alpha value is -3.52. The zero-order chi connectivity index (χ0) is 21.5. The number of nitrogens with zero attached hydrogens (tertiary/aromatic N) is 1. The highest BCUT2D eigenvalue weighted by molar-refractivity contribution is 7.11. The maximum absolute atomic E-state index is 13.0. The van der Waals surface area contributed by atoms with Crippen LogP contribution >= 0.6 is 11.5 Å². The number of methoxy groups -OCH3 is 1. The topological polar surface area (TPSA) is 97.4 Å². The van der Waals surface area contributed by atoms with E-state index in [-0.39, 0.29) is 17.9 Å². The van der Waals surface area contributed by atoms with Gasteiger partial charge in [-0.1, -0.05) is 48.5 Å². The van der Waals surface area contributed by atoms with Crippen LogP contribution in [0.25, 0.3) is 0 Å². The first-order chi connectivity index (χ1) is 14.5. The smallest absolute Gasteiger partial charge is 0.328 e. The number of rotatable bonds is 7. The zero-order valence-electron chi connectivity index (χ0n) is 16.5. The van der Waals surface area contributed by atoms with Crippen LogP contribution in [0.1, 0.15) is 32.0 Å². The monoisotopic (exact) mass is 423 g/mol. The average molecular weight is 423 g/mol. The summed E-state index contributed by atoms with van der Waals surface area (Å²) in [5.74, 6) is -1.40. The molecule has 0 spiro atoms. The summed E-state index contributed by atoms with van der Waals surface area (Å²) in [5, 5.41) is 5.77. The van der Waals surface area contributed by atoms with Gasteiger partial charge in [-0.25, -0.2) is 4.79 Å². The van der Waals surface area contributed by atoms with Crippen molar-refractivity contribution in [1.29, 1.82) is 0 Å². The molecule has 7 nitrogen and oxygen atoms in total. The SMILES string of the molecule is COC(=O)C(Cc1ccccc1)NC(=O)c1c(C)nsc1NC(=O)c1ccccc1. The second kappa shape index (κ2) is 9.80. The Morgan fingerprint density at radius 2 is 1.63 bits per heavy atom. The van der Waals surface area contributed by atoms with Gasteiger partial charge in [-0.05, 0) is 36.2 Å². The van der Waals surface area contributed by atoms with Gasteiger partial charge in [-0.3, -0.25) is 9.59 Å². The summed E-state index contributed by atoms with van der Waals surface area (Å²) >= 11 is 1.01. The third-order valence-corrected chi connectivity index (χ3v) is 5.28. The third-order valence-electron chi connectivity index (χ3n) is 4.43. The quantitative estimate of drug-likeness (QED) is 0.569. The minimum absolute atomic E-state index is 0.228. The van der Waals surface area contributed by atoms with Crippen LogP contribution in [0.4, 0.5) is 5.00 Å². The maximum Gasteiger partial charge on any atom is 0.328 e. The molecule has 2 N–H and O–H groups in total. The first-order valence-electron chi connectivity index (χ1n) is 9.25. The molecule has 1 heterocycles. The van der Waals surface area contributed by atoms with E-state index in [9.17, 15) is 14.4 Å². The Morgan fingerprint density at radius 3 is 2.27 bits per heavy atom. The molecule has 8 heteroatoms. The number of ether oxygens (including phenoxy) is 1. The second-order valence-corrected chi connectivity index (χ2v) is 7.30. The number of aryl methyl sites for hydroxylation is 1. The van der Waals surface area contributed by atoms with Crippen LogP contribution in [-0.4, -0.2) is 35.3 Å². The van der Waals surface area contributed by atoms with Gasteiger partial charge in [0.05, 0.1) is 18.4 Å². The molecule has 30 heavy (non-hydrogen) atoms. The number of anilines is 1. The third kappa shape index (κ3) is 5.09. The molecule has 1 unspecified atom stereocenters. The molecular formula is C22H21N3O4S. The van der Waals surface area contributed by atoms with E-state index in [1.54, 1.807) is 31.2 Å². The molecule has 0 fully saturated rings. The summed E-state index contributed by atoms with van der Waals surface area (Å²) in [5.41, 5.74) is 2.04. The Kier molecular flexibility index (Phi) is 6.92. The van der Waals surface area contributed by atoms with Crippen LogP contribution in [0.5, 0.6) is 0 Å². The second-order valence-electron chi connectivity index (χ2n) is 6.53. The van der Waals surface area contributed by atoms with Crippen LogP contribution in [0, 0.1) is 6.92 Å². The summed E-state index contributed by atoms with van der Waals surface area (Å²) < 4.78 is 9.04. The predicted molar refractivity (Wildman–Crippen MR) is 115 cm³/mol. The normalized spacial score (nSPS) is 11.4. The predicted octanol–water partition coefficient (Wildman–Crippen LogP) is 3.22. The van der Waals surface area contributed by atoms with Crippen molar-refractivity contribution in [2.75, 3.05) is 12.4 Å². The van der Waals surface area contributed by atoms with Crippen molar-refractivity contribution in [2.45, 2.75) is 19.4 Å². The Morgan fingerprint density at radius 1 is 1.00 bits per heavy atom. The number of benzene rings is 2. The summed E-state index contributed by atoms with van der Waals surface area (Å²) in [6.07, 6.45) is 0.279. The summed E-state index contributed by atoms with van der Waals surface area (Å²) in [6, 6.07) is 17.1. The highest BCUT2D eigenvalue weighted by Gasteiger charge is 2.27. The number of esters is 1. The minimum atomic E-state index is -0.873. The van der Waals surface area contributed by atoms with Crippen LogP contribution in [0.3, 0.4) is 0 Å². The van der Waals surface area contributed by atoms with E-state index in [4.69, 9.17) is 4.74 Å². The van der Waals surface area contributed by atoms with Crippen molar-refractivity contribution in [3.8, 4) is 0 Å². The lowest BCUT2D eigenvalue weighted by Gasteiger charge is -2.17. The number of hydrogen-bond donors (Lipinski definition) is 2. The van der Waals surface area contributed by atoms with E-state index in [0.717, 1.165) is 17.1 Å². The molecule has 0 aliphatic heterocycles. The number of aromatic nitrogens is 1. The van der Waals surface area contributed by atoms with Crippen LogP contribution in [-0.2, 0) is 16.0 Å². The van der Waals surface area contributed by atoms with Crippen molar-refractivity contribution < 1.29 is 19.1 Å². The van der Waals surface area contributed by atoms with Gasteiger partial charge in [-0.15, -0.1) is 0 Å². The van der Waals surface area contributed by atoms with Crippen LogP contribution in [0.15, 0.2) is 60.7 Å². The van der Waals surface area contributed by atoms with Gasteiger partial charge in [0, 0.05) is 12.0 Å². The molecule has 1 aromatic heterocycles. The average Bonchev–Trinajstić information content (AvgIpc) is 3.13. The number of carbonyl (C=O) groups excluding carboxylic acids is 3. The van der Waals surface area contributed by atoms with Crippen molar-refractivity contribution in [3.63, 3.8) is 0 Å². The number of nitrogens with one attached hydrogen (secondary N) is 2. The molecule has 1 atom stereocenters. The highest BCUT2D eigenvalue weighted by atomic mass is 32.1. The zero-order valence-corrected chi connectivity index (χ0v) is 17.4. The van der Waals surface area contributed by atoms with Gasteiger partial charge in [0.25, 0.3) is 11.8 Å². The molecule has 2 aromatic carbocycles. The lowest BCUT2D eigenvalue weighted by atomic mass is 10.1. The van der Waals surface area contributed by atoms with E-state index < -0.39 is 17.9 Å². The summed E-state index contributed by atoms with van der Waals surface area (Å²) in [4.78, 5) is 37.7. The molecule has 3 aromatic rings. The molecule has 0 saturated carbocycles. The Labute approximate surface area is 178 Å². The summed E-state index contributed by atoms with van der Waals surface area (Å²) in [7, 11) is 1.27. The fraction of sp³-hybridized carbons (Fsp3) is 0.182. The standard InChI is InChI=1S/C22H21N3O4S/c1-14-18(21(30-25-14)24-19(26)16-11-7-4-8-12-16)20(27)23-17(22(28)29-2)13-15-9-5-3-6-10-15/h3-12,17H,13H2,1-2H3,(H,23,27)(H,24,26). The molecule has 0 aliphatic rings.